The number of aryl methyl sites for hydroxylation is 1. The van der Waals surface area contributed by atoms with Crippen LogP contribution in [0.1, 0.15) is 16.1 Å². The van der Waals surface area contributed by atoms with Crippen LogP contribution in [0.2, 0.25) is 5.02 Å². The van der Waals surface area contributed by atoms with E-state index in [2.05, 4.69) is 14.9 Å². The first-order valence-corrected chi connectivity index (χ1v) is 8.33. The highest BCUT2D eigenvalue weighted by Crippen LogP contribution is 2.26. The van der Waals surface area contributed by atoms with Gasteiger partial charge in [-0.05, 0) is 37.1 Å². The normalized spacial score (nSPS) is 11.6. The van der Waals surface area contributed by atoms with Gasteiger partial charge < -0.3 is 5.73 Å². The largest absolute Gasteiger partial charge is 0.326 e. The van der Waals surface area contributed by atoms with E-state index < -0.39 is 10.0 Å². The van der Waals surface area contributed by atoms with Gasteiger partial charge in [0, 0.05) is 11.6 Å². The number of anilines is 1. The highest BCUT2D eigenvalue weighted by atomic mass is 35.5. The molecule has 1 aromatic heterocycles. The maximum Gasteiger partial charge on any atom is 0.264 e. The zero-order chi connectivity index (χ0) is 14.9. The summed E-state index contributed by atoms with van der Waals surface area (Å²) < 4.78 is 27.2. The molecule has 1 heterocycles. The molecule has 0 aliphatic rings. The molecule has 0 unspecified atom stereocenters. The van der Waals surface area contributed by atoms with E-state index in [-0.39, 0.29) is 16.6 Å². The summed E-state index contributed by atoms with van der Waals surface area (Å²) in [5.74, 6) is 0. The van der Waals surface area contributed by atoms with E-state index in [0.717, 1.165) is 11.3 Å². The van der Waals surface area contributed by atoms with Gasteiger partial charge in [0.25, 0.3) is 10.0 Å². The molecule has 2 rings (SSSR count). The predicted octanol–water partition coefficient (Wildman–Crippen LogP) is 2.07. The van der Waals surface area contributed by atoms with Gasteiger partial charge in [-0.15, -0.1) is 10.2 Å². The molecular formula is C11H13ClN4O2S2. The number of sulfonamides is 1. The van der Waals surface area contributed by atoms with Gasteiger partial charge in [0.2, 0.25) is 5.13 Å². The summed E-state index contributed by atoms with van der Waals surface area (Å²) in [6.07, 6.45) is 0. The van der Waals surface area contributed by atoms with Crippen molar-refractivity contribution in [2.45, 2.75) is 25.3 Å². The molecule has 0 aliphatic heterocycles. The SMILES string of the molecule is Cc1nnc(NS(=O)(=O)c2cc(Cl)cc(CN)c2C)s1. The highest BCUT2D eigenvalue weighted by molar-refractivity contribution is 7.93. The van der Waals surface area contributed by atoms with Crippen LogP contribution in [0.4, 0.5) is 5.13 Å². The lowest BCUT2D eigenvalue weighted by molar-refractivity contribution is 0.600. The molecule has 3 N–H and O–H groups in total. The molecule has 0 spiro atoms. The van der Waals surface area contributed by atoms with Gasteiger partial charge in [-0.3, -0.25) is 4.72 Å². The second kappa shape index (κ2) is 5.65. The molecule has 1 aromatic carbocycles. The third-order valence-electron chi connectivity index (χ3n) is 2.69. The van der Waals surface area contributed by atoms with Gasteiger partial charge in [-0.2, -0.15) is 0 Å². The summed E-state index contributed by atoms with van der Waals surface area (Å²) in [5, 5.41) is 8.72. The molecule has 0 amide bonds. The van der Waals surface area contributed by atoms with Gasteiger partial charge in [0.1, 0.15) is 5.01 Å². The minimum atomic E-state index is -3.77. The van der Waals surface area contributed by atoms with Crippen molar-refractivity contribution in [1.29, 1.82) is 0 Å². The van der Waals surface area contributed by atoms with E-state index in [0.29, 0.717) is 21.2 Å². The van der Waals surface area contributed by atoms with Crippen molar-refractivity contribution in [2.24, 2.45) is 5.73 Å². The van der Waals surface area contributed by atoms with Crippen LogP contribution in [0.25, 0.3) is 0 Å². The molecule has 0 fully saturated rings. The van der Waals surface area contributed by atoms with Crippen molar-refractivity contribution >= 4 is 38.1 Å². The van der Waals surface area contributed by atoms with E-state index >= 15 is 0 Å². The summed E-state index contributed by atoms with van der Waals surface area (Å²) in [7, 11) is -3.77. The molecule has 0 bridgehead atoms. The van der Waals surface area contributed by atoms with Crippen molar-refractivity contribution in [2.75, 3.05) is 4.72 Å². The predicted molar refractivity (Wildman–Crippen MR) is 79.5 cm³/mol. The summed E-state index contributed by atoms with van der Waals surface area (Å²) in [4.78, 5) is 0.0957. The summed E-state index contributed by atoms with van der Waals surface area (Å²) >= 11 is 7.10. The van der Waals surface area contributed by atoms with Gasteiger partial charge in [-0.25, -0.2) is 8.42 Å². The number of rotatable bonds is 4. The van der Waals surface area contributed by atoms with Crippen molar-refractivity contribution in [1.82, 2.24) is 10.2 Å². The lowest BCUT2D eigenvalue weighted by atomic mass is 10.1. The van der Waals surface area contributed by atoms with Crippen LogP contribution in [0.15, 0.2) is 17.0 Å². The Morgan fingerprint density at radius 2 is 2.05 bits per heavy atom. The molecule has 0 saturated heterocycles. The smallest absolute Gasteiger partial charge is 0.264 e. The number of nitrogens with zero attached hydrogens (tertiary/aromatic N) is 2. The van der Waals surface area contributed by atoms with Crippen molar-refractivity contribution in [3.05, 3.63) is 33.3 Å². The van der Waals surface area contributed by atoms with Crippen LogP contribution in [-0.4, -0.2) is 18.6 Å². The minimum absolute atomic E-state index is 0.0957. The number of nitrogens with one attached hydrogen (secondary N) is 1. The number of benzene rings is 1. The van der Waals surface area contributed by atoms with E-state index in [1.165, 1.54) is 6.07 Å². The Morgan fingerprint density at radius 3 is 2.60 bits per heavy atom. The zero-order valence-corrected chi connectivity index (χ0v) is 13.2. The Morgan fingerprint density at radius 1 is 1.35 bits per heavy atom. The van der Waals surface area contributed by atoms with Crippen LogP contribution in [0, 0.1) is 13.8 Å². The van der Waals surface area contributed by atoms with Gasteiger partial charge in [-0.1, -0.05) is 22.9 Å². The second-order valence-electron chi connectivity index (χ2n) is 4.12. The maximum absolute atomic E-state index is 12.4. The fraction of sp³-hybridized carbons (Fsp3) is 0.273. The molecule has 9 heteroatoms. The van der Waals surface area contributed by atoms with Crippen molar-refractivity contribution in [3.63, 3.8) is 0 Å². The Balaban J connectivity index is 2.46. The number of nitrogens with two attached hydrogens (primary N) is 1. The molecule has 108 valence electrons. The molecule has 2 aromatic rings. The van der Waals surface area contributed by atoms with E-state index in [1.807, 2.05) is 0 Å². The Labute approximate surface area is 126 Å². The fourth-order valence-corrected chi connectivity index (χ4v) is 4.15. The Hall–Kier alpha value is -1.22. The molecule has 0 saturated carbocycles. The van der Waals surface area contributed by atoms with Crippen molar-refractivity contribution < 1.29 is 8.42 Å². The topological polar surface area (TPSA) is 98.0 Å². The maximum atomic E-state index is 12.4. The lowest BCUT2D eigenvalue weighted by Crippen LogP contribution is -2.15. The molecule has 20 heavy (non-hydrogen) atoms. The van der Waals surface area contributed by atoms with Gasteiger partial charge in [0.05, 0.1) is 4.90 Å². The van der Waals surface area contributed by atoms with Crippen LogP contribution < -0.4 is 10.5 Å². The first-order chi connectivity index (χ1) is 9.33. The van der Waals surface area contributed by atoms with Gasteiger partial charge >= 0.3 is 0 Å². The number of aromatic nitrogens is 2. The van der Waals surface area contributed by atoms with E-state index in [9.17, 15) is 8.42 Å². The standard InChI is InChI=1S/C11H13ClN4O2S2/c1-6-8(5-13)3-9(12)4-10(6)20(17,18)16-11-15-14-7(2)19-11/h3-4H,5,13H2,1-2H3,(H,15,16). The molecule has 0 atom stereocenters. The van der Waals surface area contributed by atoms with Crippen LogP contribution in [0.3, 0.4) is 0 Å². The molecule has 6 nitrogen and oxygen atoms in total. The summed E-state index contributed by atoms with van der Waals surface area (Å²) in [6.45, 7) is 3.65. The number of halogens is 1. The number of hydrogen-bond acceptors (Lipinski definition) is 6. The molecule has 0 radical (unpaired) electrons. The monoisotopic (exact) mass is 332 g/mol. The Bertz CT molecular complexity index is 743. The second-order valence-corrected chi connectivity index (χ2v) is 7.39. The van der Waals surface area contributed by atoms with Crippen LogP contribution in [0.5, 0.6) is 0 Å². The first-order valence-electron chi connectivity index (χ1n) is 5.65. The van der Waals surface area contributed by atoms with E-state index in [1.54, 1.807) is 19.9 Å². The average Bonchev–Trinajstić information content (AvgIpc) is 2.76. The third kappa shape index (κ3) is 3.09. The van der Waals surface area contributed by atoms with Crippen LogP contribution >= 0.6 is 22.9 Å². The van der Waals surface area contributed by atoms with Gasteiger partial charge in [0.15, 0.2) is 0 Å². The molecule has 0 aliphatic carbocycles. The fourth-order valence-electron chi connectivity index (χ4n) is 1.71. The minimum Gasteiger partial charge on any atom is -0.326 e. The quantitative estimate of drug-likeness (QED) is 0.893. The zero-order valence-electron chi connectivity index (χ0n) is 10.8. The Kier molecular flexibility index (Phi) is 4.28. The van der Waals surface area contributed by atoms with Crippen LogP contribution in [-0.2, 0) is 16.6 Å². The third-order valence-corrected chi connectivity index (χ3v) is 5.26. The van der Waals surface area contributed by atoms with Crippen molar-refractivity contribution in [3.8, 4) is 0 Å². The summed E-state index contributed by atoms with van der Waals surface area (Å²) in [6, 6.07) is 3.05. The first kappa shape index (κ1) is 15.2. The lowest BCUT2D eigenvalue weighted by Gasteiger charge is -2.12. The van der Waals surface area contributed by atoms with E-state index in [4.69, 9.17) is 17.3 Å². The average molecular weight is 333 g/mol. The highest BCUT2D eigenvalue weighted by Gasteiger charge is 2.21. The summed E-state index contributed by atoms with van der Waals surface area (Å²) in [5.41, 5.74) is 6.85. The number of hydrogen-bond donors (Lipinski definition) is 2. The molecular weight excluding hydrogens is 320 g/mol.